The van der Waals surface area contributed by atoms with Gasteiger partial charge < -0.3 is 5.32 Å². The van der Waals surface area contributed by atoms with Crippen LogP contribution in [0.15, 0.2) is 23.2 Å². The van der Waals surface area contributed by atoms with Crippen LogP contribution in [0.5, 0.6) is 0 Å². The van der Waals surface area contributed by atoms with Gasteiger partial charge in [-0.1, -0.05) is 12.1 Å². The molecule has 84 valence electrons. The zero-order valence-electron chi connectivity index (χ0n) is 9.61. The lowest BCUT2D eigenvalue weighted by atomic mass is 10.1. The lowest BCUT2D eigenvalue weighted by molar-refractivity contribution is 0.254. The summed E-state index contributed by atoms with van der Waals surface area (Å²) >= 11 is 0. The summed E-state index contributed by atoms with van der Waals surface area (Å²) in [4.78, 5) is 7.04. The Labute approximate surface area is 96.2 Å². The molecule has 0 spiro atoms. The average Bonchev–Trinajstić information content (AvgIpc) is 2.81. The van der Waals surface area contributed by atoms with E-state index in [0.717, 1.165) is 0 Å². The Hall–Kier alpha value is -1.35. The Balaban J connectivity index is 1.96. The van der Waals surface area contributed by atoms with Gasteiger partial charge in [0.15, 0.2) is 0 Å². The fraction of sp³-hybridized carbons (Fsp3) is 0.462. The summed E-state index contributed by atoms with van der Waals surface area (Å²) in [6.07, 6.45) is 4.69. The van der Waals surface area contributed by atoms with Crippen LogP contribution in [0.3, 0.4) is 0 Å². The van der Waals surface area contributed by atoms with E-state index in [9.17, 15) is 0 Å². The molecule has 0 amide bonds. The number of anilines is 1. The first kappa shape index (κ1) is 9.85. The third kappa shape index (κ3) is 1.61. The molecule has 2 aliphatic heterocycles. The summed E-state index contributed by atoms with van der Waals surface area (Å²) in [6.45, 7) is 4.48. The highest BCUT2D eigenvalue weighted by atomic mass is 15.3. The predicted molar refractivity (Wildman–Crippen MR) is 66.8 cm³/mol. The van der Waals surface area contributed by atoms with Crippen LogP contribution in [0, 0.1) is 6.92 Å². The van der Waals surface area contributed by atoms with E-state index in [4.69, 9.17) is 0 Å². The molecule has 0 radical (unpaired) electrons. The molecule has 1 N–H and O–H groups in total. The predicted octanol–water partition coefficient (Wildman–Crippen LogP) is 2.54. The van der Waals surface area contributed by atoms with E-state index in [1.165, 1.54) is 42.7 Å². The first-order valence-electron chi connectivity index (χ1n) is 5.97. The van der Waals surface area contributed by atoms with Crippen molar-refractivity contribution >= 4 is 12.0 Å². The molecular formula is C13H17N3. The maximum absolute atomic E-state index is 4.57. The molecule has 16 heavy (non-hydrogen) atoms. The molecule has 1 fully saturated rings. The van der Waals surface area contributed by atoms with Crippen molar-refractivity contribution in [3.63, 3.8) is 0 Å². The van der Waals surface area contributed by atoms with E-state index in [1.807, 2.05) is 6.34 Å². The molecular weight excluding hydrogens is 198 g/mol. The van der Waals surface area contributed by atoms with Crippen LogP contribution >= 0.6 is 0 Å². The van der Waals surface area contributed by atoms with Gasteiger partial charge in [0.1, 0.15) is 6.17 Å². The van der Waals surface area contributed by atoms with Gasteiger partial charge in [0.05, 0.1) is 6.34 Å². The molecule has 0 aromatic heterocycles. The fourth-order valence-corrected chi connectivity index (χ4v) is 2.56. The highest BCUT2D eigenvalue weighted by Crippen LogP contribution is 2.33. The molecule has 0 bridgehead atoms. The van der Waals surface area contributed by atoms with Gasteiger partial charge in [0.2, 0.25) is 0 Å². The summed E-state index contributed by atoms with van der Waals surface area (Å²) in [6, 6.07) is 6.57. The van der Waals surface area contributed by atoms with Crippen molar-refractivity contribution in [2.24, 2.45) is 4.99 Å². The van der Waals surface area contributed by atoms with E-state index in [0.29, 0.717) is 0 Å². The third-order valence-electron chi connectivity index (χ3n) is 3.41. The van der Waals surface area contributed by atoms with E-state index in [-0.39, 0.29) is 6.17 Å². The molecule has 1 atom stereocenters. The van der Waals surface area contributed by atoms with Gasteiger partial charge in [0, 0.05) is 24.3 Å². The fourth-order valence-electron chi connectivity index (χ4n) is 2.56. The summed E-state index contributed by atoms with van der Waals surface area (Å²) in [5, 5.41) is 3.24. The second-order valence-corrected chi connectivity index (χ2v) is 4.63. The average molecular weight is 215 g/mol. The molecule has 0 aliphatic carbocycles. The summed E-state index contributed by atoms with van der Waals surface area (Å²) in [7, 11) is 0. The highest BCUT2D eigenvalue weighted by molar-refractivity contribution is 5.80. The lowest BCUT2D eigenvalue weighted by Crippen LogP contribution is -2.27. The van der Waals surface area contributed by atoms with Crippen molar-refractivity contribution in [2.75, 3.05) is 18.4 Å². The maximum atomic E-state index is 4.57. The number of rotatable bonds is 1. The zero-order chi connectivity index (χ0) is 11.0. The Morgan fingerprint density at radius 2 is 2.12 bits per heavy atom. The minimum atomic E-state index is 0.236. The standard InChI is InChI=1S/C13H17N3/c1-10-4-5-11-12(8-10)14-9-15-13(11)16-6-2-3-7-16/h4-5,8-9,13H,2-3,6-7H2,1H3,(H,14,15). The zero-order valence-corrected chi connectivity index (χ0v) is 9.61. The number of hydrogen-bond acceptors (Lipinski definition) is 3. The van der Waals surface area contributed by atoms with Crippen LogP contribution in [0.1, 0.15) is 30.1 Å². The summed E-state index contributed by atoms with van der Waals surface area (Å²) in [5.41, 5.74) is 3.82. The monoisotopic (exact) mass is 215 g/mol. The molecule has 3 nitrogen and oxygen atoms in total. The van der Waals surface area contributed by atoms with Crippen LogP contribution in [0.2, 0.25) is 0 Å². The van der Waals surface area contributed by atoms with Gasteiger partial charge in [-0.3, -0.25) is 9.89 Å². The summed E-state index contributed by atoms with van der Waals surface area (Å²) in [5.74, 6) is 0. The molecule has 2 heterocycles. The highest BCUT2D eigenvalue weighted by Gasteiger charge is 2.26. The number of hydrogen-bond donors (Lipinski definition) is 1. The Kier molecular flexibility index (Phi) is 2.40. The summed E-state index contributed by atoms with van der Waals surface area (Å²) < 4.78 is 0. The topological polar surface area (TPSA) is 27.6 Å². The molecule has 1 saturated heterocycles. The van der Waals surface area contributed by atoms with Crippen LogP contribution in [0.25, 0.3) is 0 Å². The van der Waals surface area contributed by atoms with Crippen LogP contribution in [-0.2, 0) is 0 Å². The number of nitrogens with one attached hydrogen (secondary N) is 1. The van der Waals surface area contributed by atoms with Crippen molar-refractivity contribution in [3.8, 4) is 0 Å². The van der Waals surface area contributed by atoms with Gasteiger partial charge in [-0.15, -0.1) is 0 Å². The Morgan fingerprint density at radius 3 is 2.94 bits per heavy atom. The van der Waals surface area contributed by atoms with Crippen LogP contribution in [-0.4, -0.2) is 24.3 Å². The quantitative estimate of drug-likeness (QED) is 0.779. The van der Waals surface area contributed by atoms with Crippen molar-refractivity contribution < 1.29 is 0 Å². The van der Waals surface area contributed by atoms with E-state index >= 15 is 0 Å². The lowest BCUT2D eigenvalue weighted by Gasteiger charge is -2.28. The molecule has 1 aromatic rings. The largest absolute Gasteiger partial charge is 0.346 e. The normalized spacial score (nSPS) is 24.2. The molecule has 3 rings (SSSR count). The first-order valence-corrected chi connectivity index (χ1v) is 5.97. The van der Waals surface area contributed by atoms with Crippen molar-refractivity contribution in [2.45, 2.75) is 25.9 Å². The third-order valence-corrected chi connectivity index (χ3v) is 3.41. The van der Waals surface area contributed by atoms with Gasteiger partial charge in [-0.2, -0.15) is 0 Å². The molecule has 2 aliphatic rings. The van der Waals surface area contributed by atoms with Crippen molar-refractivity contribution in [3.05, 3.63) is 29.3 Å². The number of nitrogens with zero attached hydrogens (tertiary/aromatic N) is 2. The Morgan fingerprint density at radius 1 is 1.31 bits per heavy atom. The van der Waals surface area contributed by atoms with Crippen molar-refractivity contribution in [1.29, 1.82) is 0 Å². The number of benzene rings is 1. The van der Waals surface area contributed by atoms with E-state index in [1.54, 1.807) is 0 Å². The van der Waals surface area contributed by atoms with Gasteiger partial charge >= 0.3 is 0 Å². The first-order chi connectivity index (χ1) is 7.84. The number of aryl methyl sites for hydroxylation is 1. The maximum Gasteiger partial charge on any atom is 0.131 e. The van der Waals surface area contributed by atoms with Gasteiger partial charge in [-0.25, -0.2) is 0 Å². The number of likely N-dealkylation sites (tertiary alicyclic amines) is 1. The van der Waals surface area contributed by atoms with E-state index < -0.39 is 0 Å². The number of aliphatic imine (C=N–C) groups is 1. The van der Waals surface area contributed by atoms with Crippen LogP contribution in [0.4, 0.5) is 5.69 Å². The smallest absolute Gasteiger partial charge is 0.131 e. The minimum absolute atomic E-state index is 0.236. The SMILES string of the molecule is Cc1ccc2c(c1)NC=NC2N1CCCC1. The van der Waals surface area contributed by atoms with Crippen LogP contribution < -0.4 is 5.32 Å². The second-order valence-electron chi connectivity index (χ2n) is 4.63. The second kappa shape index (κ2) is 3.91. The van der Waals surface area contributed by atoms with Crippen molar-refractivity contribution in [1.82, 2.24) is 4.90 Å². The van der Waals surface area contributed by atoms with Gasteiger partial charge in [-0.05, 0) is 31.4 Å². The molecule has 1 unspecified atom stereocenters. The molecule has 0 saturated carbocycles. The molecule has 1 aromatic carbocycles. The van der Waals surface area contributed by atoms with E-state index in [2.05, 4.69) is 40.3 Å². The number of fused-ring (bicyclic) bond motifs is 1. The van der Waals surface area contributed by atoms with Gasteiger partial charge in [0.25, 0.3) is 0 Å². The Bertz CT molecular complexity index is 419. The minimum Gasteiger partial charge on any atom is -0.346 e. The molecule has 3 heteroatoms.